The zero-order chi connectivity index (χ0) is 26.2. The predicted octanol–water partition coefficient (Wildman–Crippen LogP) is 5.67. The summed E-state index contributed by atoms with van der Waals surface area (Å²) in [5, 5.41) is 11.3. The van der Waals surface area contributed by atoms with E-state index in [0.717, 1.165) is 11.1 Å². The summed E-state index contributed by atoms with van der Waals surface area (Å²) < 4.78 is 0. The first-order chi connectivity index (χ1) is 17.2. The molecule has 2 amide bonds. The number of hydrogen-bond donors (Lipinski definition) is 3. The first-order valence-corrected chi connectivity index (χ1v) is 12.4. The van der Waals surface area contributed by atoms with E-state index in [1.165, 1.54) is 4.90 Å². The van der Waals surface area contributed by atoms with E-state index in [0.29, 0.717) is 17.0 Å². The van der Waals surface area contributed by atoms with Gasteiger partial charge in [-0.1, -0.05) is 93.6 Å². The van der Waals surface area contributed by atoms with Crippen molar-refractivity contribution in [2.24, 2.45) is 17.6 Å². The van der Waals surface area contributed by atoms with Crippen LogP contribution in [0.25, 0.3) is 0 Å². The molecule has 36 heavy (non-hydrogen) atoms. The van der Waals surface area contributed by atoms with Crippen LogP contribution in [0, 0.1) is 17.2 Å². The maximum absolute atomic E-state index is 13.4. The summed E-state index contributed by atoms with van der Waals surface area (Å²) in [5.74, 6) is -0.305. The fourth-order valence-electron chi connectivity index (χ4n) is 4.11. The summed E-state index contributed by atoms with van der Waals surface area (Å²) in [7, 11) is 0. The van der Waals surface area contributed by atoms with Crippen LogP contribution in [-0.4, -0.2) is 22.7 Å². The summed E-state index contributed by atoms with van der Waals surface area (Å²) >= 11 is 0. The molecule has 0 radical (unpaired) electrons. The normalized spacial score (nSPS) is 13.5. The molecule has 0 saturated heterocycles. The molecule has 3 rings (SSSR count). The Morgan fingerprint density at radius 3 is 1.94 bits per heavy atom. The van der Waals surface area contributed by atoms with Crippen molar-refractivity contribution in [2.45, 2.75) is 46.2 Å². The van der Waals surface area contributed by atoms with Gasteiger partial charge in [-0.05, 0) is 47.6 Å². The van der Waals surface area contributed by atoms with Crippen LogP contribution < -0.4 is 11.1 Å². The lowest BCUT2D eigenvalue weighted by atomic mass is 9.92. The van der Waals surface area contributed by atoms with Gasteiger partial charge < -0.3 is 11.1 Å². The molecule has 0 saturated carbocycles. The summed E-state index contributed by atoms with van der Waals surface area (Å²) in [6, 6.07) is 25.7. The van der Waals surface area contributed by atoms with Crippen LogP contribution in [0.2, 0.25) is 0 Å². The summed E-state index contributed by atoms with van der Waals surface area (Å²) in [4.78, 5) is 27.9. The van der Waals surface area contributed by atoms with Crippen LogP contribution >= 0.6 is 0 Å². The van der Waals surface area contributed by atoms with Gasteiger partial charge in [0.2, 0.25) is 5.91 Å². The molecule has 0 spiro atoms. The lowest BCUT2D eigenvalue weighted by molar-refractivity contribution is -0.129. The second-order valence-electron chi connectivity index (χ2n) is 9.62. The van der Waals surface area contributed by atoms with Crippen LogP contribution in [0.3, 0.4) is 0 Å². The number of nitrogens with zero attached hydrogens (tertiary/aromatic N) is 1. The molecule has 188 valence electrons. The summed E-state index contributed by atoms with van der Waals surface area (Å²) in [6.45, 7) is 8.11. The van der Waals surface area contributed by atoms with Crippen molar-refractivity contribution in [2.75, 3.05) is 0 Å². The van der Waals surface area contributed by atoms with E-state index < -0.39 is 6.04 Å². The van der Waals surface area contributed by atoms with Crippen LogP contribution in [0.1, 0.15) is 73.2 Å². The van der Waals surface area contributed by atoms with Gasteiger partial charge in [-0.3, -0.25) is 19.9 Å². The second-order valence-corrected chi connectivity index (χ2v) is 9.62. The standard InChI is InChI=1S/C30H36N4O2/c1-20(2)21(3)18-27(35)34(30(31)32)28(24-14-9-6-10-15-24)25-16-11-17-26(19-25)29(36)33-22(4)23-12-7-5-8-13-23/h5-17,19-22,28H,18H2,1-4H3,(H3,31,32)(H,33,36)/t21-,22+,28?/m1/s1. The van der Waals surface area contributed by atoms with Gasteiger partial charge in [-0.25, -0.2) is 0 Å². The molecule has 0 fully saturated rings. The van der Waals surface area contributed by atoms with Crippen molar-refractivity contribution < 1.29 is 9.59 Å². The van der Waals surface area contributed by atoms with E-state index in [4.69, 9.17) is 11.1 Å². The lowest BCUT2D eigenvalue weighted by Gasteiger charge is -2.32. The van der Waals surface area contributed by atoms with E-state index in [2.05, 4.69) is 19.2 Å². The molecule has 0 aromatic heterocycles. The fourth-order valence-corrected chi connectivity index (χ4v) is 4.11. The number of hydrogen-bond acceptors (Lipinski definition) is 3. The van der Waals surface area contributed by atoms with Crippen LogP contribution in [0.15, 0.2) is 84.9 Å². The van der Waals surface area contributed by atoms with Gasteiger partial charge in [0.15, 0.2) is 5.96 Å². The third kappa shape index (κ3) is 6.60. The highest BCUT2D eigenvalue weighted by molar-refractivity contribution is 5.97. The SMILES string of the molecule is CC(C)[C@H](C)CC(=O)N(C(=N)N)C(c1ccccc1)c1cccc(C(=O)N[C@@H](C)c2ccccc2)c1. The molecule has 0 aliphatic rings. The van der Waals surface area contributed by atoms with Crippen molar-refractivity contribution in [1.82, 2.24) is 10.2 Å². The Bertz CT molecular complexity index is 1180. The number of nitrogens with one attached hydrogen (secondary N) is 2. The summed E-state index contributed by atoms with van der Waals surface area (Å²) in [5.41, 5.74) is 9.01. The van der Waals surface area contributed by atoms with Gasteiger partial charge in [0.1, 0.15) is 0 Å². The van der Waals surface area contributed by atoms with Crippen molar-refractivity contribution in [3.63, 3.8) is 0 Å². The largest absolute Gasteiger partial charge is 0.370 e. The van der Waals surface area contributed by atoms with Gasteiger partial charge in [0.25, 0.3) is 5.91 Å². The number of carbonyl (C=O) groups excluding carboxylic acids is 2. The zero-order valence-electron chi connectivity index (χ0n) is 21.4. The van der Waals surface area contributed by atoms with E-state index >= 15 is 0 Å². The zero-order valence-corrected chi connectivity index (χ0v) is 21.4. The maximum atomic E-state index is 13.4. The molecular weight excluding hydrogens is 448 g/mol. The first kappa shape index (κ1) is 26.7. The van der Waals surface area contributed by atoms with Gasteiger partial charge in [-0.2, -0.15) is 0 Å². The van der Waals surface area contributed by atoms with Crippen LogP contribution in [-0.2, 0) is 4.79 Å². The number of benzene rings is 3. The van der Waals surface area contributed by atoms with Gasteiger partial charge in [-0.15, -0.1) is 0 Å². The average molecular weight is 485 g/mol. The molecule has 4 N–H and O–H groups in total. The van der Waals surface area contributed by atoms with E-state index in [9.17, 15) is 9.59 Å². The van der Waals surface area contributed by atoms with Crippen molar-refractivity contribution in [3.05, 3.63) is 107 Å². The van der Waals surface area contributed by atoms with E-state index in [1.807, 2.05) is 80.6 Å². The van der Waals surface area contributed by atoms with E-state index in [1.54, 1.807) is 18.2 Å². The highest BCUT2D eigenvalue weighted by Gasteiger charge is 2.31. The Morgan fingerprint density at radius 2 is 1.39 bits per heavy atom. The Hall–Kier alpha value is -3.93. The van der Waals surface area contributed by atoms with Crippen LogP contribution in [0.4, 0.5) is 0 Å². The highest BCUT2D eigenvalue weighted by Crippen LogP contribution is 2.31. The van der Waals surface area contributed by atoms with Gasteiger partial charge in [0, 0.05) is 12.0 Å². The minimum Gasteiger partial charge on any atom is -0.370 e. The number of guanidine groups is 1. The average Bonchev–Trinajstić information content (AvgIpc) is 2.87. The number of rotatable bonds is 9. The molecule has 0 aliphatic heterocycles. The quantitative estimate of drug-likeness (QED) is 0.269. The molecule has 6 heteroatoms. The lowest BCUT2D eigenvalue weighted by Crippen LogP contribution is -2.45. The maximum Gasteiger partial charge on any atom is 0.251 e. The third-order valence-electron chi connectivity index (χ3n) is 6.65. The summed E-state index contributed by atoms with van der Waals surface area (Å²) in [6.07, 6.45) is 0.273. The minimum absolute atomic E-state index is 0.132. The number of carbonyl (C=O) groups is 2. The van der Waals surface area contributed by atoms with Gasteiger partial charge in [0.05, 0.1) is 12.1 Å². The minimum atomic E-state index is -0.630. The Balaban J connectivity index is 1.97. The first-order valence-electron chi connectivity index (χ1n) is 12.4. The number of amides is 2. The number of nitrogens with two attached hydrogens (primary N) is 1. The molecule has 6 nitrogen and oxygen atoms in total. The molecule has 3 aromatic carbocycles. The van der Waals surface area contributed by atoms with Gasteiger partial charge >= 0.3 is 0 Å². The third-order valence-corrected chi connectivity index (χ3v) is 6.65. The Kier molecular flexibility index (Phi) is 9.01. The van der Waals surface area contributed by atoms with Crippen molar-refractivity contribution in [3.8, 4) is 0 Å². The fraction of sp³-hybridized carbons (Fsp3) is 0.300. The van der Waals surface area contributed by atoms with E-state index in [-0.39, 0.29) is 36.2 Å². The van der Waals surface area contributed by atoms with Crippen LogP contribution in [0.5, 0.6) is 0 Å². The Morgan fingerprint density at radius 1 is 0.833 bits per heavy atom. The smallest absolute Gasteiger partial charge is 0.251 e. The second kappa shape index (κ2) is 12.2. The predicted molar refractivity (Wildman–Crippen MR) is 144 cm³/mol. The molecular formula is C30H36N4O2. The molecule has 0 aliphatic carbocycles. The molecule has 0 heterocycles. The molecule has 3 aromatic rings. The van der Waals surface area contributed by atoms with Crippen molar-refractivity contribution in [1.29, 1.82) is 5.41 Å². The highest BCUT2D eigenvalue weighted by atomic mass is 16.2. The molecule has 0 bridgehead atoms. The molecule has 3 atom stereocenters. The topological polar surface area (TPSA) is 99.3 Å². The molecule has 1 unspecified atom stereocenters. The van der Waals surface area contributed by atoms with Crippen molar-refractivity contribution >= 4 is 17.8 Å². The monoisotopic (exact) mass is 484 g/mol. The Labute approximate surface area is 214 Å².